The molecule has 2 N–H and O–H groups in total. The van der Waals surface area contributed by atoms with E-state index in [1.54, 1.807) is 36.4 Å². The fraction of sp³-hybridized carbons (Fsp3) is 0.226. The zero-order valence-electron chi connectivity index (χ0n) is 36.3. The smallest absolute Gasteiger partial charge is 0.315 e. The average molecular weight is 861 g/mol. The number of hydrogen-bond donors (Lipinski definition) is 2. The maximum atomic E-state index is 15.1. The van der Waals surface area contributed by atoms with Gasteiger partial charge in [-0.05, 0) is 85.3 Å². The van der Waals surface area contributed by atoms with Gasteiger partial charge in [0.2, 0.25) is 0 Å². The van der Waals surface area contributed by atoms with Crippen LogP contribution in [-0.4, -0.2) is 41.7 Å². The molecule has 6 aromatic carbocycles. The van der Waals surface area contributed by atoms with Crippen LogP contribution >= 0.6 is 0 Å². The molecule has 0 aliphatic rings. The van der Waals surface area contributed by atoms with E-state index in [0.717, 1.165) is 22.3 Å². The van der Waals surface area contributed by atoms with Crippen molar-refractivity contribution in [3.8, 4) is 23.0 Å². The van der Waals surface area contributed by atoms with Crippen LogP contribution in [0.5, 0.6) is 23.0 Å². The molecule has 0 aliphatic carbocycles. The molecule has 0 saturated carbocycles. The highest BCUT2D eigenvalue weighted by molar-refractivity contribution is 5.92. The molecular formula is C53H52N2O9. The first kappa shape index (κ1) is 46.3. The van der Waals surface area contributed by atoms with E-state index >= 15 is 4.79 Å². The van der Waals surface area contributed by atoms with E-state index < -0.39 is 36.0 Å². The summed E-state index contributed by atoms with van der Waals surface area (Å²) in [6.07, 6.45) is -0.142. The molecular weight excluding hydrogens is 809 g/mol. The van der Waals surface area contributed by atoms with Crippen LogP contribution in [0.2, 0.25) is 0 Å². The predicted molar refractivity (Wildman–Crippen MR) is 243 cm³/mol. The van der Waals surface area contributed by atoms with Crippen molar-refractivity contribution in [2.75, 3.05) is 0 Å². The van der Waals surface area contributed by atoms with Crippen LogP contribution < -0.4 is 29.6 Å². The quantitative estimate of drug-likeness (QED) is 0.0562. The number of rotatable bonds is 20. The van der Waals surface area contributed by atoms with Crippen molar-refractivity contribution in [2.45, 2.75) is 77.5 Å². The summed E-state index contributed by atoms with van der Waals surface area (Å²) in [4.78, 5) is 68.2. The van der Waals surface area contributed by atoms with Gasteiger partial charge in [0.15, 0.2) is 28.8 Å². The minimum Gasteiger partial charge on any atom is -0.422 e. The minimum absolute atomic E-state index is 0.0121. The van der Waals surface area contributed by atoms with E-state index in [1.165, 1.54) is 24.3 Å². The molecule has 2 atom stereocenters. The fourth-order valence-corrected chi connectivity index (χ4v) is 6.94. The van der Waals surface area contributed by atoms with Crippen molar-refractivity contribution in [3.05, 3.63) is 191 Å². The van der Waals surface area contributed by atoms with Crippen LogP contribution in [-0.2, 0) is 49.7 Å². The Bertz CT molecular complexity index is 2340. The normalized spacial score (nSPS) is 12.0. The first-order valence-corrected chi connectivity index (χ1v) is 21.2. The van der Waals surface area contributed by atoms with Crippen LogP contribution in [0.25, 0.3) is 0 Å². The fourth-order valence-electron chi connectivity index (χ4n) is 6.94. The van der Waals surface area contributed by atoms with E-state index in [-0.39, 0.29) is 66.5 Å². The van der Waals surface area contributed by atoms with Gasteiger partial charge in [0.25, 0.3) is 0 Å². The Morgan fingerprint density at radius 1 is 0.375 bits per heavy atom. The molecule has 11 heteroatoms. The second kappa shape index (κ2) is 22.8. The van der Waals surface area contributed by atoms with E-state index in [9.17, 15) is 19.2 Å². The summed E-state index contributed by atoms with van der Waals surface area (Å²) in [5, 5.41) is 6.75. The lowest BCUT2D eigenvalue weighted by Gasteiger charge is -2.28. The third-order valence-corrected chi connectivity index (χ3v) is 9.83. The molecule has 0 aromatic heterocycles. The van der Waals surface area contributed by atoms with E-state index in [4.69, 9.17) is 18.9 Å². The van der Waals surface area contributed by atoms with Crippen molar-refractivity contribution in [2.24, 2.45) is 0 Å². The lowest BCUT2D eigenvalue weighted by molar-refractivity contribution is -0.136. The Balaban J connectivity index is 1.34. The number of benzene rings is 6. The second-order valence-corrected chi connectivity index (χ2v) is 15.9. The van der Waals surface area contributed by atoms with E-state index in [1.807, 2.05) is 125 Å². The number of ketones is 1. The SMILES string of the molecule is CC(C)NC(C(=O)C(NC(C)C)c1ccc(OC(=O)Cc2ccccc2)c(OC(=O)Cc2ccccc2)c1)c1ccc(OC(=O)Cc2ccccc2)c(OC(=O)Cc2ccccc2)c1. The summed E-state index contributed by atoms with van der Waals surface area (Å²) in [6, 6.07) is 43.4. The summed E-state index contributed by atoms with van der Waals surface area (Å²) < 4.78 is 23.4. The van der Waals surface area contributed by atoms with Gasteiger partial charge in [0.05, 0.1) is 37.8 Å². The Hall–Kier alpha value is -7.21. The standard InChI is InChI=1S/C53H52N2O9/c1-35(2)54-51(41-25-27-43(61-47(56)29-37-17-9-5-10-18-37)45(33-41)63-49(58)31-39-21-13-7-14-22-39)53(60)52(55-36(3)4)42-26-28-44(62-48(57)30-38-19-11-6-12-20-38)46(34-42)64-50(59)32-40-23-15-8-16-24-40/h5-28,33-36,51-52,54-55H,29-32H2,1-4H3. The number of carbonyl (C=O) groups excluding carboxylic acids is 5. The lowest BCUT2D eigenvalue weighted by atomic mass is 9.91. The highest BCUT2D eigenvalue weighted by atomic mass is 16.6. The molecule has 6 aromatic rings. The molecule has 328 valence electrons. The number of esters is 4. The number of nitrogens with one attached hydrogen (secondary N) is 2. The highest BCUT2D eigenvalue weighted by Crippen LogP contribution is 2.36. The molecule has 0 heterocycles. The Morgan fingerprint density at radius 3 is 0.906 bits per heavy atom. The molecule has 6 rings (SSSR count). The molecule has 0 aliphatic heterocycles. The molecule has 0 radical (unpaired) electrons. The summed E-state index contributed by atoms with van der Waals surface area (Å²) in [7, 11) is 0. The summed E-state index contributed by atoms with van der Waals surface area (Å²) in [5.74, 6) is -2.70. The van der Waals surface area contributed by atoms with E-state index in [2.05, 4.69) is 10.6 Å². The molecule has 0 spiro atoms. The van der Waals surface area contributed by atoms with Crippen LogP contribution in [0.1, 0.15) is 73.2 Å². The van der Waals surface area contributed by atoms with Crippen LogP contribution in [0.3, 0.4) is 0 Å². The first-order chi connectivity index (χ1) is 30.9. The molecule has 11 nitrogen and oxygen atoms in total. The van der Waals surface area contributed by atoms with Crippen LogP contribution in [0.4, 0.5) is 0 Å². The van der Waals surface area contributed by atoms with Crippen LogP contribution in [0, 0.1) is 0 Å². The molecule has 0 amide bonds. The van der Waals surface area contributed by atoms with Crippen molar-refractivity contribution >= 4 is 29.7 Å². The van der Waals surface area contributed by atoms with Gasteiger partial charge in [-0.2, -0.15) is 0 Å². The van der Waals surface area contributed by atoms with Gasteiger partial charge < -0.3 is 29.6 Å². The maximum Gasteiger partial charge on any atom is 0.315 e. The molecule has 64 heavy (non-hydrogen) atoms. The molecule has 2 unspecified atom stereocenters. The third-order valence-electron chi connectivity index (χ3n) is 9.83. The van der Waals surface area contributed by atoms with E-state index in [0.29, 0.717) is 11.1 Å². The Kier molecular flexibility index (Phi) is 16.5. The minimum atomic E-state index is -0.996. The van der Waals surface area contributed by atoms with Gasteiger partial charge in [-0.3, -0.25) is 24.0 Å². The van der Waals surface area contributed by atoms with Crippen LogP contribution in [0.15, 0.2) is 158 Å². The zero-order valence-corrected chi connectivity index (χ0v) is 36.3. The summed E-state index contributed by atoms with van der Waals surface area (Å²) >= 11 is 0. The number of Topliss-reactive ketones (excluding diaryl/α,β-unsaturated/α-hetero) is 1. The monoisotopic (exact) mass is 860 g/mol. The Labute approximate surface area is 373 Å². The zero-order chi connectivity index (χ0) is 45.4. The van der Waals surface area contributed by atoms with Gasteiger partial charge in [0.1, 0.15) is 0 Å². The van der Waals surface area contributed by atoms with Crippen molar-refractivity contribution in [1.29, 1.82) is 0 Å². The van der Waals surface area contributed by atoms with Gasteiger partial charge in [-0.1, -0.05) is 133 Å². The predicted octanol–water partition coefficient (Wildman–Crippen LogP) is 8.63. The van der Waals surface area contributed by atoms with Crippen molar-refractivity contribution in [1.82, 2.24) is 10.6 Å². The molecule has 0 fully saturated rings. The average Bonchev–Trinajstić information content (AvgIpc) is 3.27. The van der Waals surface area contributed by atoms with Crippen molar-refractivity contribution < 1.29 is 42.9 Å². The molecule has 0 saturated heterocycles. The van der Waals surface area contributed by atoms with Gasteiger partial charge in [0, 0.05) is 12.1 Å². The molecule has 0 bridgehead atoms. The van der Waals surface area contributed by atoms with Gasteiger partial charge >= 0.3 is 23.9 Å². The topological polar surface area (TPSA) is 146 Å². The van der Waals surface area contributed by atoms with Gasteiger partial charge in [-0.15, -0.1) is 0 Å². The highest BCUT2D eigenvalue weighted by Gasteiger charge is 2.33. The lowest BCUT2D eigenvalue weighted by Crippen LogP contribution is -2.42. The largest absolute Gasteiger partial charge is 0.422 e. The summed E-state index contributed by atoms with van der Waals surface area (Å²) in [6.45, 7) is 7.59. The first-order valence-electron chi connectivity index (χ1n) is 21.2. The van der Waals surface area contributed by atoms with Gasteiger partial charge in [-0.25, -0.2) is 0 Å². The number of carbonyl (C=O) groups is 5. The Morgan fingerprint density at radius 2 is 0.641 bits per heavy atom. The van der Waals surface area contributed by atoms with Crippen molar-refractivity contribution in [3.63, 3.8) is 0 Å². The number of ether oxygens (including phenoxy) is 4. The number of hydrogen-bond acceptors (Lipinski definition) is 11. The summed E-state index contributed by atoms with van der Waals surface area (Å²) in [5.41, 5.74) is 3.81. The third kappa shape index (κ3) is 13.9. The maximum absolute atomic E-state index is 15.1. The second-order valence-electron chi connectivity index (χ2n) is 15.9.